The third-order valence-corrected chi connectivity index (χ3v) is 3.65. The number of nitrogens with two attached hydrogens (primary N) is 1. The van der Waals surface area contributed by atoms with Crippen molar-refractivity contribution < 1.29 is 9.53 Å². The molecule has 0 saturated carbocycles. The summed E-state index contributed by atoms with van der Waals surface area (Å²) in [5, 5.41) is 4.15. The van der Waals surface area contributed by atoms with Gasteiger partial charge in [0.15, 0.2) is 0 Å². The molecule has 5 nitrogen and oxygen atoms in total. The zero-order valence-electron chi connectivity index (χ0n) is 10.9. The van der Waals surface area contributed by atoms with Gasteiger partial charge in [0.05, 0.1) is 5.69 Å². The number of ether oxygens (including phenoxy) is 1. The van der Waals surface area contributed by atoms with E-state index in [0.717, 1.165) is 10.0 Å². The molecule has 2 aromatic rings. The Kier molecular flexibility index (Phi) is 3.61. The molecule has 0 aliphatic heterocycles. The Hall–Kier alpha value is -1.82. The SMILES string of the molecule is Cc1cc(Oc2c(C(N)=O)c(C)nn2C)ccc1Br. The molecule has 1 aromatic heterocycles. The molecule has 1 amide bonds. The van der Waals surface area contributed by atoms with E-state index < -0.39 is 5.91 Å². The minimum absolute atomic E-state index is 0.308. The van der Waals surface area contributed by atoms with Gasteiger partial charge >= 0.3 is 0 Å². The fourth-order valence-corrected chi connectivity index (χ4v) is 2.08. The lowest BCUT2D eigenvalue weighted by atomic mass is 10.2. The molecule has 0 saturated heterocycles. The summed E-state index contributed by atoms with van der Waals surface area (Å²) in [5.41, 5.74) is 7.26. The first-order valence-corrected chi connectivity index (χ1v) is 6.47. The molecule has 2 N–H and O–H groups in total. The first kappa shape index (κ1) is 13.6. The molecule has 0 fully saturated rings. The number of nitrogens with zero attached hydrogens (tertiary/aromatic N) is 2. The number of amides is 1. The van der Waals surface area contributed by atoms with Gasteiger partial charge in [-0.1, -0.05) is 15.9 Å². The van der Waals surface area contributed by atoms with Crippen molar-refractivity contribution in [1.29, 1.82) is 0 Å². The second kappa shape index (κ2) is 5.05. The maximum atomic E-state index is 11.4. The van der Waals surface area contributed by atoms with Crippen LogP contribution in [0.2, 0.25) is 0 Å². The van der Waals surface area contributed by atoms with Crippen LogP contribution in [0.3, 0.4) is 0 Å². The molecular formula is C13H14BrN3O2. The van der Waals surface area contributed by atoms with Crippen LogP contribution in [0.4, 0.5) is 0 Å². The highest BCUT2D eigenvalue weighted by Gasteiger charge is 2.20. The van der Waals surface area contributed by atoms with Crippen molar-refractivity contribution in [3.63, 3.8) is 0 Å². The van der Waals surface area contributed by atoms with Crippen LogP contribution in [0.15, 0.2) is 22.7 Å². The van der Waals surface area contributed by atoms with E-state index in [-0.39, 0.29) is 0 Å². The zero-order valence-corrected chi connectivity index (χ0v) is 12.5. The van der Waals surface area contributed by atoms with Crippen molar-refractivity contribution in [2.75, 3.05) is 0 Å². The number of hydrogen-bond acceptors (Lipinski definition) is 3. The molecule has 0 aliphatic rings. The number of halogens is 1. The average molecular weight is 324 g/mol. The van der Waals surface area contributed by atoms with Gasteiger partial charge in [0.25, 0.3) is 5.91 Å². The minimum Gasteiger partial charge on any atom is -0.438 e. The fourth-order valence-electron chi connectivity index (χ4n) is 1.83. The topological polar surface area (TPSA) is 70.1 Å². The van der Waals surface area contributed by atoms with Crippen molar-refractivity contribution in [3.05, 3.63) is 39.5 Å². The molecule has 100 valence electrons. The van der Waals surface area contributed by atoms with Gasteiger partial charge in [-0.3, -0.25) is 4.79 Å². The first-order valence-electron chi connectivity index (χ1n) is 5.67. The summed E-state index contributed by atoms with van der Waals surface area (Å²) >= 11 is 3.42. The van der Waals surface area contributed by atoms with Gasteiger partial charge in [-0.2, -0.15) is 5.10 Å². The summed E-state index contributed by atoms with van der Waals surface area (Å²) < 4.78 is 8.24. The molecule has 0 bridgehead atoms. The molecule has 0 aliphatic carbocycles. The highest BCUT2D eigenvalue weighted by atomic mass is 79.9. The molecular weight excluding hydrogens is 310 g/mol. The summed E-state index contributed by atoms with van der Waals surface area (Å²) in [6.45, 7) is 3.68. The molecule has 1 aromatic carbocycles. The summed E-state index contributed by atoms with van der Waals surface area (Å²) in [5.74, 6) is 0.437. The molecule has 2 rings (SSSR count). The maximum Gasteiger partial charge on any atom is 0.256 e. The van der Waals surface area contributed by atoms with E-state index in [2.05, 4.69) is 21.0 Å². The van der Waals surface area contributed by atoms with Crippen molar-refractivity contribution in [2.24, 2.45) is 12.8 Å². The summed E-state index contributed by atoms with van der Waals surface area (Å²) in [6, 6.07) is 5.57. The van der Waals surface area contributed by atoms with E-state index in [1.165, 1.54) is 4.68 Å². The third kappa shape index (κ3) is 2.63. The average Bonchev–Trinajstić information content (AvgIpc) is 2.59. The Labute approximate surface area is 119 Å². The first-order chi connectivity index (χ1) is 8.90. The number of carbonyl (C=O) groups excluding carboxylic acids is 1. The zero-order chi connectivity index (χ0) is 14.2. The minimum atomic E-state index is -0.547. The van der Waals surface area contributed by atoms with Crippen molar-refractivity contribution in [1.82, 2.24) is 9.78 Å². The van der Waals surface area contributed by atoms with Crippen LogP contribution in [0.25, 0.3) is 0 Å². The number of aromatic nitrogens is 2. The largest absolute Gasteiger partial charge is 0.438 e. The predicted molar refractivity (Wildman–Crippen MR) is 75.4 cm³/mol. The van der Waals surface area contributed by atoms with Crippen molar-refractivity contribution >= 4 is 21.8 Å². The van der Waals surface area contributed by atoms with Gasteiger partial charge in [0.1, 0.15) is 11.3 Å². The van der Waals surface area contributed by atoms with E-state index in [4.69, 9.17) is 10.5 Å². The van der Waals surface area contributed by atoms with Gasteiger partial charge in [-0.05, 0) is 37.6 Å². The molecule has 0 radical (unpaired) electrons. The highest BCUT2D eigenvalue weighted by molar-refractivity contribution is 9.10. The van der Waals surface area contributed by atoms with Crippen LogP contribution in [0, 0.1) is 13.8 Å². The van der Waals surface area contributed by atoms with E-state index in [1.54, 1.807) is 14.0 Å². The predicted octanol–water partition coefficient (Wildman–Crippen LogP) is 2.69. The standard InChI is InChI=1S/C13H14BrN3O2/c1-7-6-9(4-5-10(7)14)19-13-11(12(15)18)8(2)16-17(13)3/h4-6H,1-3H3,(H2,15,18). The second-order valence-corrected chi connectivity index (χ2v) is 5.12. The monoisotopic (exact) mass is 323 g/mol. The fraction of sp³-hybridized carbons (Fsp3) is 0.231. The van der Waals surface area contributed by atoms with E-state index >= 15 is 0 Å². The normalized spacial score (nSPS) is 10.5. The molecule has 19 heavy (non-hydrogen) atoms. The van der Waals surface area contributed by atoms with Crippen LogP contribution in [0.5, 0.6) is 11.6 Å². The van der Waals surface area contributed by atoms with Gasteiger partial charge in [-0.25, -0.2) is 4.68 Å². The van der Waals surface area contributed by atoms with Crippen molar-refractivity contribution in [2.45, 2.75) is 13.8 Å². The van der Waals surface area contributed by atoms with E-state index in [1.807, 2.05) is 25.1 Å². The summed E-state index contributed by atoms with van der Waals surface area (Å²) in [4.78, 5) is 11.4. The molecule has 0 spiro atoms. The summed E-state index contributed by atoms with van der Waals surface area (Å²) in [6.07, 6.45) is 0. The van der Waals surface area contributed by atoms with Gasteiger partial charge in [0, 0.05) is 11.5 Å². The Morgan fingerprint density at radius 1 is 1.42 bits per heavy atom. The lowest BCUT2D eigenvalue weighted by Gasteiger charge is -2.08. The number of benzene rings is 1. The number of primary amides is 1. The lowest BCUT2D eigenvalue weighted by Crippen LogP contribution is -2.13. The third-order valence-electron chi connectivity index (χ3n) is 2.76. The Bertz CT molecular complexity index is 650. The van der Waals surface area contributed by atoms with Crippen molar-refractivity contribution in [3.8, 4) is 11.6 Å². The van der Waals surface area contributed by atoms with Gasteiger partial charge in [-0.15, -0.1) is 0 Å². The number of hydrogen-bond donors (Lipinski definition) is 1. The number of aryl methyl sites for hydroxylation is 3. The molecule has 1 heterocycles. The second-order valence-electron chi connectivity index (χ2n) is 4.27. The smallest absolute Gasteiger partial charge is 0.256 e. The van der Waals surface area contributed by atoms with E-state index in [0.29, 0.717) is 22.9 Å². The lowest BCUT2D eigenvalue weighted by molar-refractivity contribution is 0.0997. The van der Waals surface area contributed by atoms with Gasteiger partial charge in [0.2, 0.25) is 5.88 Å². The van der Waals surface area contributed by atoms with E-state index in [9.17, 15) is 4.79 Å². The summed E-state index contributed by atoms with van der Waals surface area (Å²) in [7, 11) is 1.71. The van der Waals surface area contributed by atoms with Gasteiger partial charge < -0.3 is 10.5 Å². The van der Waals surface area contributed by atoms with Crippen LogP contribution < -0.4 is 10.5 Å². The quantitative estimate of drug-likeness (QED) is 0.944. The van der Waals surface area contributed by atoms with Crippen LogP contribution >= 0.6 is 15.9 Å². The number of rotatable bonds is 3. The Morgan fingerprint density at radius 2 is 2.11 bits per heavy atom. The van der Waals surface area contributed by atoms with Crippen LogP contribution in [-0.4, -0.2) is 15.7 Å². The maximum absolute atomic E-state index is 11.4. The number of carbonyl (C=O) groups is 1. The molecule has 0 unspecified atom stereocenters. The van der Waals surface area contributed by atoms with Crippen LogP contribution in [-0.2, 0) is 7.05 Å². The Morgan fingerprint density at radius 3 is 2.68 bits per heavy atom. The van der Waals surface area contributed by atoms with Crippen LogP contribution in [0.1, 0.15) is 21.6 Å². The highest BCUT2D eigenvalue weighted by Crippen LogP contribution is 2.29. The molecule has 0 atom stereocenters. The molecule has 6 heteroatoms. The Balaban J connectivity index is 2.43.